The Labute approximate surface area is 164 Å². The van der Waals surface area contributed by atoms with E-state index < -0.39 is 0 Å². The van der Waals surface area contributed by atoms with Gasteiger partial charge in [0.1, 0.15) is 12.4 Å². The van der Waals surface area contributed by atoms with Crippen molar-refractivity contribution in [1.29, 1.82) is 0 Å². The average molecular weight is 377 g/mol. The van der Waals surface area contributed by atoms with Crippen LogP contribution in [0.25, 0.3) is 0 Å². The van der Waals surface area contributed by atoms with E-state index in [4.69, 9.17) is 14.5 Å². The van der Waals surface area contributed by atoms with Crippen LogP contribution in [0.4, 0.5) is 0 Å². The number of hydrogen-bond acceptors (Lipinski definition) is 4. The summed E-state index contributed by atoms with van der Waals surface area (Å²) in [6, 6.07) is 8.61. The lowest BCUT2D eigenvalue weighted by molar-refractivity contribution is 0.146. The highest BCUT2D eigenvalue weighted by molar-refractivity contribution is 5.80. The van der Waals surface area contributed by atoms with Crippen molar-refractivity contribution in [3.8, 4) is 5.75 Å². The van der Waals surface area contributed by atoms with E-state index in [0.29, 0.717) is 25.8 Å². The molecule has 152 valence electrons. The van der Waals surface area contributed by atoms with Gasteiger partial charge < -0.3 is 25.0 Å². The third-order valence-corrected chi connectivity index (χ3v) is 4.69. The van der Waals surface area contributed by atoms with Gasteiger partial charge in [-0.25, -0.2) is 4.99 Å². The summed E-state index contributed by atoms with van der Waals surface area (Å²) in [4.78, 5) is 7.32. The number of nitrogens with one attached hydrogen (secondary N) is 2. The Morgan fingerprint density at radius 3 is 2.74 bits per heavy atom. The minimum Gasteiger partial charge on any atom is -0.491 e. The predicted molar refractivity (Wildman–Crippen MR) is 112 cm³/mol. The van der Waals surface area contributed by atoms with Gasteiger partial charge in [-0.05, 0) is 50.4 Å². The molecule has 0 amide bonds. The van der Waals surface area contributed by atoms with Gasteiger partial charge in [-0.2, -0.15) is 0 Å². The van der Waals surface area contributed by atoms with Gasteiger partial charge in [-0.15, -0.1) is 0 Å². The fourth-order valence-electron chi connectivity index (χ4n) is 3.28. The standard InChI is InChI=1S/C21H36N4O2/c1-4-11-25-12-9-19(10-13-25)24-21(22-5-2)23-17-18-7-6-8-20(16-18)27-15-14-26-3/h6-8,16,19H,4-5,9-15,17H2,1-3H3,(H2,22,23,24). The first kappa shape index (κ1) is 21.5. The van der Waals surface area contributed by atoms with Gasteiger partial charge in [-0.1, -0.05) is 19.1 Å². The molecule has 0 aromatic heterocycles. The maximum absolute atomic E-state index is 5.68. The van der Waals surface area contributed by atoms with Crippen LogP contribution in [0.15, 0.2) is 29.3 Å². The van der Waals surface area contributed by atoms with Crippen molar-refractivity contribution in [3.05, 3.63) is 29.8 Å². The fraction of sp³-hybridized carbons (Fsp3) is 0.667. The number of nitrogens with zero attached hydrogens (tertiary/aromatic N) is 2. The molecule has 0 bridgehead atoms. The lowest BCUT2D eigenvalue weighted by Crippen LogP contribution is -2.48. The monoisotopic (exact) mass is 376 g/mol. The third kappa shape index (κ3) is 8.18. The lowest BCUT2D eigenvalue weighted by Gasteiger charge is -2.32. The summed E-state index contributed by atoms with van der Waals surface area (Å²) in [5.41, 5.74) is 1.14. The van der Waals surface area contributed by atoms with Crippen molar-refractivity contribution in [2.24, 2.45) is 4.99 Å². The molecule has 0 spiro atoms. The van der Waals surface area contributed by atoms with Crippen LogP contribution in [0.3, 0.4) is 0 Å². The molecule has 0 radical (unpaired) electrons. The third-order valence-electron chi connectivity index (χ3n) is 4.69. The van der Waals surface area contributed by atoms with Crippen molar-refractivity contribution < 1.29 is 9.47 Å². The lowest BCUT2D eigenvalue weighted by atomic mass is 10.1. The number of aliphatic imine (C=N–C) groups is 1. The summed E-state index contributed by atoms with van der Waals surface area (Å²) in [5, 5.41) is 6.98. The molecule has 6 heteroatoms. The molecule has 0 atom stereocenters. The number of benzene rings is 1. The second-order valence-electron chi connectivity index (χ2n) is 6.94. The van der Waals surface area contributed by atoms with Gasteiger partial charge in [0.15, 0.2) is 5.96 Å². The molecule has 27 heavy (non-hydrogen) atoms. The SMILES string of the molecule is CCCN1CCC(NC(=NCc2cccc(OCCOC)c2)NCC)CC1. The van der Waals surface area contributed by atoms with Crippen LogP contribution in [0.5, 0.6) is 5.75 Å². The van der Waals surface area contributed by atoms with Crippen LogP contribution < -0.4 is 15.4 Å². The molecule has 0 aliphatic carbocycles. The van der Waals surface area contributed by atoms with Crippen LogP contribution in [0, 0.1) is 0 Å². The van der Waals surface area contributed by atoms with E-state index in [2.05, 4.69) is 35.4 Å². The summed E-state index contributed by atoms with van der Waals surface area (Å²) < 4.78 is 10.7. The molecule has 1 aromatic rings. The van der Waals surface area contributed by atoms with Crippen molar-refractivity contribution >= 4 is 5.96 Å². The van der Waals surface area contributed by atoms with E-state index in [9.17, 15) is 0 Å². The van der Waals surface area contributed by atoms with Crippen LogP contribution in [-0.2, 0) is 11.3 Å². The van der Waals surface area contributed by atoms with E-state index in [1.165, 1.54) is 38.9 Å². The molecule has 0 unspecified atom stereocenters. The Balaban J connectivity index is 1.87. The molecule has 1 heterocycles. The maximum atomic E-state index is 5.68. The number of methoxy groups -OCH3 is 1. The van der Waals surface area contributed by atoms with Crippen molar-refractivity contribution in [2.75, 3.05) is 46.5 Å². The Morgan fingerprint density at radius 1 is 1.22 bits per heavy atom. The Hall–Kier alpha value is -1.79. The summed E-state index contributed by atoms with van der Waals surface area (Å²) in [6.07, 6.45) is 3.58. The molecule has 1 fully saturated rings. The molecule has 1 aromatic carbocycles. The topological polar surface area (TPSA) is 58.1 Å². The number of guanidine groups is 1. The zero-order valence-corrected chi connectivity index (χ0v) is 17.2. The number of hydrogen-bond donors (Lipinski definition) is 2. The van der Waals surface area contributed by atoms with E-state index >= 15 is 0 Å². The zero-order valence-electron chi connectivity index (χ0n) is 17.2. The van der Waals surface area contributed by atoms with Gasteiger partial charge in [0.25, 0.3) is 0 Å². The largest absolute Gasteiger partial charge is 0.491 e. The van der Waals surface area contributed by atoms with Gasteiger partial charge >= 0.3 is 0 Å². The maximum Gasteiger partial charge on any atom is 0.191 e. The van der Waals surface area contributed by atoms with E-state index in [0.717, 1.165) is 23.8 Å². The highest BCUT2D eigenvalue weighted by Crippen LogP contribution is 2.14. The predicted octanol–water partition coefficient (Wildman–Crippen LogP) is 2.64. The molecule has 1 saturated heterocycles. The smallest absolute Gasteiger partial charge is 0.191 e. The molecular weight excluding hydrogens is 340 g/mol. The molecule has 2 N–H and O–H groups in total. The van der Waals surface area contributed by atoms with Crippen LogP contribution >= 0.6 is 0 Å². The average Bonchev–Trinajstić information content (AvgIpc) is 2.69. The summed E-state index contributed by atoms with van der Waals surface area (Å²) in [6.45, 7) is 10.6. The number of ether oxygens (including phenoxy) is 2. The molecule has 0 saturated carbocycles. The Kier molecular flexibility index (Phi) is 10.0. The minimum atomic E-state index is 0.500. The highest BCUT2D eigenvalue weighted by Gasteiger charge is 2.19. The zero-order chi connectivity index (χ0) is 19.3. The minimum absolute atomic E-state index is 0.500. The summed E-state index contributed by atoms with van der Waals surface area (Å²) in [5.74, 6) is 1.76. The normalized spacial score (nSPS) is 16.3. The van der Waals surface area contributed by atoms with E-state index in [1.54, 1.807) is 7.11 Å². The van der Waals surface area contributed by atoms with E-state index in [-0.39, 0.29) is 0 Å². The van der Waals surface area contributed by atoms with Crippen molar-refractivity contribution in [2.45, 2.75) is 45.7 Å². The molecule has 1 aliphatic heterocycles. The molecular formula is C21H36N4O2. The molecule has 6 nitrogen and oxygen atoms in total. The first-order valence-electron chi connectivity index (χ1n) is 10.2. The van der Waals surface area contributed by atoms with Crippen LogP contribution in [0.2, 0.25) is 0 Å². The number of likely N-dealkylation sites (tertiary alicyclic amines) is 1. The second-order valence-corrected chi connectivity index (χ2v) is 6.94. The van der Waals surface area contributed by atoms with Gasteiger partial charge in [0.05, 0.1) is 13.2 Å². The van der Waals surface area contributed by atoms with E-state index in [1.807, 2.05) is 18.2 Å². The number of rotatable bonds is 10. The van der Waals surface area contributed by atoms with Gasteiger partial charge in [0, 0.05) is 32.8 Å². The Morgan fingerprint density at radius 2 is 2.04 bits per heavy atom. The summed E-state index contributed by atoms with van der Waals surface area (Å²) >= 11 is 0. The van der Waals surface area contributed by atoms with Crippen LogP contribution in [0.1, 0.15) is 38.7 Å². The van der Waals surface area contributed by atoms with Gasteiger partial charge in [0.2, 0.25) is 0 Å². The Bertz CT molecular complexity index is 557. The fourth-order valence-corrected chi connectivity index (χ4v) is 3.28. The van der Waals surface area contributed by atoms with Crippen molar-refractivity contribution in [3.63, 3.8) is 0 Å². The quantitative estimate of drug-likeness (QED) is 0.373. The van der Waals surface area contributed by atoms with Crippen LogP contribution in [-0.4, -0.2) is 63.4 Å². The first-order chi connectivity index (χ1) is 13.2. The summed E-state index contributed by atoms with van der Waals surface area (Å²) in [7, 11) is 1.68. The molecule has 2 rings (SSSR count). The first-order valence-corrected chi connectivity index (χ1v) is 10.2. The van der Waals surface area contributed by atoms with Crippen molar-refractivity contribution in [1.82, 2.24) is 15.5 Å². The molecule has 1 aliphatic rings. The second kappa shape index (κ2) is 12.6. The van der Waals surface area contributed by atoms with Gasteiger partial charge in [-0.3, -0.25) is 0 Å². The number of piperidine rings is 1. The highest BCUT2D eigenvalue weighted by atomic mass is 16.5.